The Kier molecular flexibility index (Phi) is 3.79. The van der Waals surface area contributed by atoms with E-state index in [1.807, 2.05) is 23.9 Å². The van der Waals surface area contributed by atoms with Gasteiger partial charge in [-0.3, -0.25) is 10.1 Å². The Bertz CT molecular complexity index is 693. The second-order valence-electron chi connectivity index (χ2n) is 4.83. The molecular formula is C15H13FN2O2S. The van der Waals surface area contributed by atoms with Crippen molar-refractivity contribution in [2.75, 3.05) is 11.1 Å². The first-order valence-corrected chi connectivity index (χ1v) is 7.66. The van der Waals surface area contributed by atoms with Gasteiger partial charge in [0.1, 0.15) is 0 Å². The van der Waals surface area contributed by atoms with Crippen molar-refractivity contribution in [3.63, 3.8) is 0 Å². The third-order valence-electron chi connectivity index (χ3n) is 3.46. The van der Waals surface area contributed by atoms with Crippen LogP contribution in [-0.2, 0) is 5.75 Å². The summed E-state index contributed by atoms with van der Waals surface area (Å²) in [6.07, 6.45) is 0. The van der Waals surface area contributed by atoms with Gasteiger partial charge in [0.2, 0.25) is 5.82 Å². The summed E-state index contributed by atoms with van der Waals surface area (Å²) in [5.74, 6) is 1.04. The molecule has 108 valence electrons. The molecule has 0 saturated heterocycles. The number of nitro benzene ring substituents is 1. The highest BCUT2D eigenvalue weighted by atomic mass is 32.2. The minimum atomic E-state index is -0.818. The van der Waals surface area contributed by atoms with Gasteiger partial charge in [-0.25, -0.2) is 0 Å². The SMILES string of the molecule is O=[N+]([O-])c1ccc(NC2CSCc3ccccc32)cc1F. The molecular weight excluding hydrogens is 291 g/mol. The van der Waals surface area contributed by atoms with Crippen LogP contribution in [0.1, 0.15) is 17.2 Å². The zero-order chi connectivity index (χ0) is 14.8. The zero-order valence-corrected chi connectivity index (χ0v) is 11.9. The molecule has 4 nitrogen and oxygen atoms in total. The van der Waals surface area contributed by atoms with E-state index in [4.69, 9.17) is 0 Å². The number of nitrogens with one attached hydrogen (secondary N) is 1. The molecule has 0 amide bonds. The summed E-state index contributed by atoms with van der Waals surface area (Å²) in [7, 11) is 0. The Morgan fingerprint density at radius 1 is 1.29 bits per heavy atom. The van der Waals surface area contributed by atoms with Gasteiger partial charge in [-0.1, -0.05) is 24.3 Å². The summed E-state index contributed by atoms with van der Waals surface area (Å²) in [5, 5.41) is 13.9. The van der Waals surface area contributed by atoms with E-state index < -0.39 is 16.4 Å². The molecule has 0 fully saturated rings. The van der Waals surface area contributed by atoms with E-state index in [-0.39, 0.29) is 6.04 Å². The van der Waals surface area contributed by atoms with Gasteiger partial charge in [0.25, 0.3) is 0 Å². The predicted octanol–water partition coefficient (Wildman–Crippen LogP) is 4.13. The van der Waals surface area contributed by atoms with Gasteiger partial charge in [0.05, 0.1) is 11.0 Å². The topological polar surface area (TPSA) is 55.2 Å². The second-order valence-corrected chi connectivity index (χ2v) is 5.86. The predicted molar refractivity (Wildman–Crippen MR) is 82.0 cm³/mol. The molecule has 1 unspecified atom stereocenters. The number of fused-ring (bicyclic) bond motifs is 1. The number of nitrogens with zero attached hydrogens (tertiary/aromatic N) is 1. The van der Waals surface area contributed by atoms with Crippen LogP contribution in [0.2, 0.25) is 0 Å². The van der Waals surface area contributed by atoms with Crippen molar-refractivity contribution in [3.05, 3.63) is 69.5 Å². The first kappa shape index (κ1) is 13.9. The largest absolute Gasteiger partial charge is 0.377 e. The first-order chi connectivity index (χ1) is 10.1. The molecule has 21 heavy (non-hydrogen) atoms. The lowest BCUT2D eigenvalue weighted by Gasteiger charge is -2.26. The van der Waals surface area contributed by atoms with E-state index >= 15 is 0 Å². The van der Waals surface area contributed by atoms with E-state index in [9.17, 15) is 14.5 Å². The van der Waals surface area contributed by atoms with E-state index in [1.165, 1.54) is 23.3 Å². The number of rotatable bonds is 3. The Labute approximate surface area is 125 Å². The Hall–Kier alpha value is -2.08. The molecule has 6 heteroatoms. The minimum Gasteiger partial charge on any atom is -0.377 e. The third kappa shape index (κ3) is 2.85. The number of thioether (sulfide) groups is 1. The lowest BCUT2D eigenvalue weighted by molar-refractivity contribution is -0.387. The van der Waals surface area contributed by atoms with E-state index in [1.54, 1.807) is 6.07 Å². The van der Waals surface area contributed by atoms with Crippen LogP contribution in [0.25, 0.3) is 0 Å². The Morgan fingerprint density at radius 2 is 2.10 bits per heavy atom. The van der Waals surface area contributed by atoms with Crippen molar-refractivity contribution in [1.82, 2.24) is 0 Å². The summed E-state index contributed by atoms with van der Waals surface area (Å²) in [6.45, 7) is 0. The lowest BCUT2D eigenvalue weighted by atomic mass is 10.0. The van der Waals surface area contributed by atoms with Gasteiger partial charge in [0.15, 0.2) is 0 Å². The van der Waals surface area contributed by atoms with Gasteiger partial charge in [-0.2, -0.15) is 16.2 Å². The van der Waals surface area contributed by atoms with Gasteiger partial charge < -0.3 is 5.32 Å². The van der Waals surface area contributed by atoms with Gasteiger partial charge in [0, 0.05) is 29.3 Å². The van der Waals surface area contributed by atoms with Crippen LogP contribution in [-0.4, -0.2) is 10.7 Å². The van der Waals surface area contributed by atoms with Crippen molar-refractivity contribution in [2.45, 2.75) is 11.8 Å². The van der Waals surface area contributed by atoms with Crippen molar-refractivity contribution in [3.8, 4) is 0 Å². The van der Waals surface area contributed by atoms with Crippen molar-refractivity contribution in [1.29, 1.82) is 0 Å². The summed E-state index contributed by atoms with van der Waals surface area (Å²) >= 11 is 1.81. The number of hydrogen-bond acceptors (Lipinski definition) is 4. The molecule has 3 rings (SSSR count). The number of nitro groups is 1. The van der Waals surface area contributed by atoms with Crippen molar-refractivity contribution >= 4 is 23.1 Å². The number of hydrogen-bond donors (Lipinski definition) is 1. The molecule has 2 aromatic rings. The monoisotopic (exact) mass is 304 g/mol. The minimum absolute atomic E-state index is 0.0841. The van der Waals surface area contributed by atoms with Crippen molar-refractivity contribution < 1.29 is 9.31 Å². The third-order valence-corrected chi connectivity index (χ3v) is 4.54. The maximum atomic E-state index is 13.7. The molecule has 1 aliphatic rings. The highest BCUT2D eigenvalue weighted by molar-refractivity contribution is 7.98. The van der Waals surface area contributed by atoms with Gasteiger partial charge >= 0.3 is 5.69 Å². The lowest BCUT2D eigenvalue weighted by Crippen LogP contribution is -2.18. The summed E-state index contributed by atoms with van der Waals surface area (Å²) < 4.78 is 13.7. The molecule has 0 saturated carbocycles. The molecule has 1 heterocycles. The molecule has 1 aliphatic heterocycles. The Morgan fingerprint density at radius 3 is 2.86 bits per heavy atom. The highest BCUT2D eigenvalue weighted by Gasteiger charge is 2.21. The molecule has 1 N–H and O–H groups in total. The number of benzene rings is 2. The van der Waals surface area contributed by atoms with Gasteiger partial charge in [-0.05, 0) is 17.2 Å². The molecule has 1 atom stereocenters. The van der Waals surface area contributed by atoms with Crippen LogP contribution in [0.3, 0.4) is 0 Å². The molecule has 0 spiro atoms. The fourth-order valence-corrected chi connectivity index (χ4v) is 3.55. The van der Waals surface area contributed by atoms with E-state index in [2.05, 4.69) is 17.4 Å². The number of anilines is 1. The smallest absolute Gasteiger partial charge is 0.304 e. The maximum absolute atomic E-state index is 13.7. The highest BCUT2D eigenvalue weighted by Crippen LogP contribution is 2.34. The fraction of sp³-hybridized carbons (Fsp3) is 0.200. The van der Waals surface area contributed by atoms with Crippen LogP contribution in [0.15, 0.2) is 42.5 Å². The molecule has 0 aliphatic carbocycles. The maximum Gasteiger partial charge on any atom is 0.304 e. The zero-order valence-electron chi connectivity index (χ0n) is 11.1. The quantitative estimate of drug-likeness (QED) is 0.684. The van der Waals surface area contributed by atoms with E-state index in [0.29, 0.717) is 5.69 Å². The summed E-state index contributed by atoms with van der Waals surface area (Å²) in [6, 6.07) is 12.2. The van der Waals surface area contributed by atoms with Crippen LogP contribution < -0.4 is 5.32 Å². The fourth-order valence-electron chi connectivity index (χ4n) is 2.45. The average molecular weight is 304 g/mol. The van der Waals surface area contributed by atoms with Crippen LogP contribution in [0.4, 0.5) is 15.8 Å². The summed E-state index contributed by atoms with van der Waals surface area (Å²) in [5.41, 5.74) is 2.53. The normalized spacial score (nSPS) is 17.1. The molecule has 0 radical (unpaired) electrons. The second kappa shape index (κ2) is 5.73. The molecule has 2 aromatic carbocycles. The molecule has 0 aromatic heterocycles. The standard InChI is InChI=1S/C15H13FN2O2S/c16-13-7-11(5-6-15(13)18(19)20)17-14-9-21-8-10-3-1-2-4-12(10)14/h1-7,14,17H,8-9H2. The Balaban J connectivity index is 1.85. The van der Waals surface area contributed by atoms with Crippen LogP contribution in [0, 0.1) is 15.9 Å². The number of halogens is 1. The van der Waals surface area contributed by atoms with Crippen LogP contribution in [0.5, 0.6) is 0 Å². The summed E-state index contributed by atoms with van der Waals surface area (Å²) in [4.78, 5) is 9.91. The van der Waals surface area contributed by atoms with E-state index in [0.717, 1.165) is 11.5 Å². The van der Waals surface area contributed by atoms with Crippen LogP contribution >= 0.6 is 11.8 Å². The first-order valence-electron chi connectivity index (χ1n) is 6.51. The van der Waals surface area contributed by atoms with Gasteiger partial charge in [-0.15, -0.1) is 0 Å². The average Bonchev–Trinajstić information content (AvgIpc) is 2.47. The van der Waals surface area contributed by atoms with Crippen molar-refractivity contribution in [2.24, 2.45) is 0 Å². The molecule has 0 bridgehead atoms.